The summed E-state index contributed by atoms with van der Waals surface area (Å²) in [5, 5.41) is 3.53. The van der Waals surface area contributed by atoms with Gasteiger partial charge in [0.05, 0.1) is 5.52 Å². The molecule has 25 heavy (non-hydrogen) atoms. The van der Waals surface area contributed by atoms with E-state index in [1.165, 1.54) is 6.07 Å². The summed E-state index contributed by atoms with van der Waals surface area (Å²) in [6, 6.07) is 9.69. The van der Waals surface area contributed by atoms with Gasteiger partial charge in [-0.2, -0.15) is 0 Å². The number of aromatic amines is 1. The van der Waals surface area contributed by atoms with E-state index in [-0.39, 0.29) is 11.1 Å². The number of pyridine rings is 1. The van der Waals surface area contributed by atoms with E-state index in [4.69, 9.17) is 0 Å². The number of hydrogen-bond donors (Lipinski definition) is 2. The Morgan fingerprint density at radius 2 is 1.88 bits per heavy atom. The van der Waals surface area contributed by atoms with Crippen LogP contribution in [-0.2, 0) is 6.42 Å². The lowest BCUT2D eigenvalue weighted by atomic mass is 10.0. The van der Waals surface area contributed by atoms with Crippen LogP contribution in [0.3, 0.4) is 0 Å². The normalized spacial score (nSPS) is 10.8. The molecule has 1 amide bonds. The Kier molecular flexibility index (Phi) is 4.61. The van der Waals surface area contributed by atoms with Gasteiger partial charge in [0, 0.05) is 22.7 Å². The van der Waals surface area contributed by atoms with Crippen LogP contribution in [0.15, 0.2) is 47.3 Å². The average Bonchev–Trinajstić information content (AvgIpc) is 2.57. The van der Waals surface area contributed by atoms with Crippen molar-refractivity contribution in [3.05, 3.63) is 75.6 Å². The maximum Gasteiger partial charge on any atom is 0.255 e. The van der Waals surface area contributed by atoms with Crippen molar-refractivity contribution in [2.45, 2.75) is 19.8 Å². The first kappa shape index (κ1) is 16.8. The van der Waals surface area contributed by atoms with E-state index in [9.17, 15) is 18.4 Å². The van der Waals surface area contributed by atoms with Crippen LogP contribution in [0, 0.1) is 11.6 Å². The highest BCUT2D eigenvalue weighted by molar-refractivity contribution is 6.05. The Morgan fingerprint density at radius 1 is 1.08 bits per heavy atom. The molecular formula is C19H16F2N2O2. The molecule has 0 radical (unpaired) electrons. The Morgan fingerprint density at radius 3 is 2.60 bits per heavy atom. The molecule has 1 heterocycles. The van der Waals surface area contributed by atoms with Crippen LogP contribution in [-0.4, -0.2) is 10.9 Å². The number of carbonyl (C=O) groups excluding carboxylic acids is 1. The number of halogens is 2. The summed E-state index contributed by atoms with van der Waals surface area (Å²) in [7, 11) is 0. The third kappa shape index (κ3) is 3.57. The van der Waals surface area contributed by atoms with E-state index in [1.807, 2.05) is 13.0 Å². The smallest absolute Gasteiger partial charge is 0.255 e. The average molecular weight is 342 g/mol. The van der Waals surface area contributed by atoms with E-state index in [0.717, 1.165) is 35.9 Å². The molecule has 4 nitrogen and oxygen atoms in total. The molecule has 1 aromatic heterocycles. The predicted octanol–water partition coefficient (Wildman–Crippen LogP) is 4.01. The minimum Gasteiger partial charge on any atom is -0.322 e. The first-order valence-corrected chi connectivity index (χ1v) is 7.90. The molecule has 128 valence electrons. The zero-order chi connectivity index (χ0) is 18.0. The van der Waals surface area contributed by atoms with Gasteiger partial charge < -0.3 is 10.3 Å². The Balaban J connectivity index is 1.92. The highest BCUT2D eigenvalue weighted by atomic mass is 19.2. The molecule has 0 aliphatic carbocycles. The third-order valence-electron chi connectivity index (χ3n) is 3.89. The van der Waals surface area contributed by atoms with Crippen molar-refractivity contribution < 1.29 is 13.6 Å². The molecule has 0 atom stereocenters. The molecule has 0 unspecified atom stereocenters. The van der Waals surface area contributed by atoms with Crippen LogP contribution in [0.5, 0.6) is 0 Å². The molecule has 2 N–H and O–H groups in total. The van der Waals surface area contributed by atoms with Gasteiger partial charge in [0.1, 0.15) is 0 Å². The number of anilines is 1. The van der Waals surface area contributed by atoms with Crippen LogP contribution >= 0.6 is 0 Å². The number of nitrogens with one attached hydrogen (secondary N) is 2. The van der Waals surface area contributed by atoms with Gasteiger partial charge in [0.15, 0.2) is 11.6 Å². The molecular weight excluding hydrogens is 326 g/mol. The van der Waals surface area contributed by atoms with Crippen molar-refractivity contribution in [3.8, 4) is 0 Å². The first-order chi connectivity index (χ1) is 12.0. The Labute approximate surface area is 142 Å². The van der Waals surface area contributed by atoms with Crippen LogP contribution in [0.2, 0.25) is 0 Å². The molecule has 3 rings (SSSR count). The summed E-state index contributed by atoms with van der Waals surface area (Å²) in [5.74, 6) is -2.66. The highest BCUT2D eigenvalue weighted by Gasteiger charge is 2.11. The quantitative estimate of drug-likeness (QED) is 0.752. The third-order valence-corrected chi connectivity index (χ3v) is 3.89. The van der Waals surface area contributed by atoms with Crippen molar-refractivity contribution in [3.63, 3.8) is 0 Å². The Bertz CT molecular complexity index is 1010. The van der Waals surface area contributed by atoms with Crippen molar-refractivity contribution in [2.75, 3.05) is 5.32 Å². The monoisotopic (exact) mass is 342 g/mol. The topological polar surface area (TPSA) is 62.0 Å². The molecule has 0 aliphatic rings. The summed E-state index contributed by atoms with van der Waals surface area (Å²) in [5.41, 5.74) is 1.80. The zero-order valence-corrected chi connectivity index (χ0v) is 13.5. The number of aromatic nitrogens is 1. The van der Waals surface area contributed by atoms with Crippen LogP contribution in [0.25, 0.3) is 10.9 Å². The number of H-pyrrole nitrogens is 1. The number of fused-ring (bicyclic) bond motifs is 1. The van der Waals surface area contributed by atoms with Crippen molar-refractivity contribution in [2.24, 2.45) is 0 Å². The van der Waals surface area contributed by atoms with Crippen LogP contribution in [0.4, 0.5) is 14.5 Å². The lowest BCUT2D eigenvalue weighted by molar-refractivity contribution is 0.102. The Hall–Kier alpha value is -3.02. The summed E-state index contributed by atoms with van der Waals surface area (Å²) in [4.78, 5) is 26.7. The largest absolute Gasteiger partial charge is 0.322 e. The van der Waals surface area contributed by atoms with Gasteiger partial charge in [-0.25, -0.2) is 8.78 Å². The van der Waals surface area contributed by atoms with Gasteiger partial charge in [-0.15, -0.1) is 0 Å². The minimum absolute atomic E-state index is 0.00669. The second kappa shape index (κ2) is 6.84. The second-order valence-corrected chi connectivity index (χ2v) is 5.75. The highest BCUT2D eigenvalue weighted by Crippen LogP contribution is 2.21. The summed E-state index contributed by atoms with van der Waals surface area (Å²) in [6.45, 7) is 2.03. The summed E-state index contributed by atoms with van der Waals surface area (Å²) >= 11 is 0. The fourth-order valence-corrected chi connectivity index (χ4v) is 2.73. The minimum atomic E-state index is -1.08. The number of benzene rings is 2. The number of hydrogen-bond acceptors (Lipinski definition) is 2. The molecule has 0 fully saturated rings. The fraction of sp³-hybridized carbons (Fsp3) is 0.158. The van der Waals surface area contributed by atoms with Crippen LogP contribution in [0.1, 0.15) is 29.3 Å². The number of amides is 1. The second-order valence-electron chi connectivity index (χ2n) is 5.75. The van der Waals surface area contributed by atoms with Gasteiger partial charge in [-0.05, 0) is 42.3 Å². The summed E-state index contributed by atoms with van der Waals surface area (Å²) < 4.78 is 26.2. The first-order valence-electron chi connectivity index (χ1n) is 7.90. The van der Waals surface area contributed by atoms with Crippen molar-refractivity contribution in [1.82, 2.24) is 4.98 Å². The molecule has 0 spiro atoms. The van der Waals surface area contributed by atoms with Gasteiger partial charge >= 0.3 is 0 Å². The zero-order valence-electron chi connectivity index (χ0n) is 13.5. The molecule has 2 aromatic carbocycles. The summed E-state index contributed by atoms with van der Waals surface area (Å²) in [6.07, 6.45) is 1.69. The molecule has 0 bridgehead atoms. The maximum absolute atomic E-state index is 13.3. The standard InChI is InChI=1S/C19H16F2N2O2/c1-2-3-11-9-18(24)23-17-10-13(5-6-14(11)17)22-19(25)12-4-7-15(20)16(21)8-12/h4-10H,2-3H2,1H3,(H,22,25)(H,23,24). The predicted molar refractivity (Wildman–Crippen MR) is 92.9 cm³/mol. The number of aryl methyl sites for hydroxylation is 1. The number of carbonyl (C=O) groups is 1. The van der Waals surface area contributed by atoms with E-state index in [2.05, 4.69) is 10.3 Å². The van der Waals surface area contributed by atoms with E-state index >= 15 is 0 Å². The molecule has 3 aromatic rings. The van der Waals surface area contributed by atoms with E-state index < -0.39 is 17.5 Å². The molecule has 0 saturated heterocycles. The lowest BCUT2D eigenvalue weighted by Gasteiger charge is -2.09. The SMILES string of the molecule is CCCc1cc(=O)[nH]c2cc(NC(=O)c3ccc(F)c(F)c3)ccc12. The van der Waals surface area contributed by atoms with E-state index in [0.29, 0.717) is 11.2 Å². The molecule has 0 saturated carbocycles. The van der Waals surface area contributed by atoms with Gasteiger partial charge in [-0.3, -0.25) is 9.59 Å². The van der Waals surface area contributed by atoms with Gasteiger partial charge in [-0.1, -0.05) is 19.4 Å². The van der Waals surface area contributed by atoms with Crippen molar-refractivity contribution >= 4 is 22.5 Å². The van der Waals surface area contributed by atoms with Crippen molar-refractivity contribution in [1.29, 1.82) is 0 Å². The number of rotatable bonds is 4. The van der Waals surface area contributed by atoms with Crippen LogP contribution < -0.4 is 10.9 Å². The fourth-order valence-electron chi connectivity index (χ4n) is 2.73. The van der Waals surface area contributed by atoms with Gasteiger partial charge in [0.25, 0.3) is 5.91 Å². The maximum atomic E-state index is 13.3. The van der Waals surface area contributed by atoms with Gasteiger partial charge in [0.2, 0.25) is 5.56 Å². The lowest BCUT2D eigenvalue weighted by Crippen LogP contribution is -2.13. The molecule has 0 aliphatic heterocycles. The van der Waals surface area contributed by atoms with E-state index in [1.54, 1.807) is 18.2 Å². The molecule has 6 heteroatoms.